The maximum Gasteiger partial charge on any atom is 0.306 e. The Bertz CT molecular complexity index is 1400. The van der Waals surface area contributed by atoms with E-state index in [-0.39, 0.29) is 26.1 Å². The van der Waals surface area contributed by atoms with Crippen molar-refractivity contribution in [3.05, 3.63) is 97.2 Å². The Hall–Kier alpha value is -3.07. The van der Waals surface area contributed by atoms with Crippen LogP contribution in [0.3, 0.4) is 0 Å². The number of unbranched alkanes of at least 4 members (excludes halogenated alkanes) is 14. The van der Waals surface area contributed by atoms with Gasteiger partial charge in [-0.3, -0.25) is 14.2 Å². The number of quaternary nitrogens is 1. The summed E-state index contributed by atoms with van der Waals surface area (Å²) < 4.78 is 33.9. The number of esters is 2. The summed E-state index contributed by atoms with van der Waals surface area (Å²) >= 11 is 0. The molecule has 0 radical (unpaired) electrons. The predicted octanol–water partition coefficient (Wildman–Crippen LogP) is 14.3. The maximum absolute atomic E-state index is 12.7. The minimum Gasteiger partial charge on any atom is -0.756 e. The largest absolute Gasteiger partial charge is 0.756 e. The van der Waals surface area contributed by atoms with Gasteiger partial charge in [-0.2, -0.15) is 0 Å². The van der Waals surface area contributed by atoms with Gasteiger partial charge in [0.25, 0.3) is 7.82 Å². The van der Waals surface area contributed by atoms with E-state index in [1.54, 1.807) is 0 Å². The van der Waals surface area contributed by atoms with Crippen molar-refractivity contribution < 1.29 is 42.1 Å². The van der Waals surface area contributed by atoms with Crippen molar-refractivity contribution in [1.82, 2.24) is 0 Å². The molecule has 0 aliphatic heterocycles. The number of rotatable bonds is 44. The van der Waals surface area contributed by atoms with Crippen LogP contribution in [0.15, 0.2) is 97.2 Å². The van der Waals surface area contributed by atoms with Gasteiger partial charge in [-0.25, -0.2) is 0 Å². The van der Waals surface area contributed by atoms with Crippen molar-refractivity contribution in [3.63, 3.8) is 0 Å². The van der Waals surface area contributed by atoms with E-state index in [9.17, 15) is 19.0 Å². The molecule has 366 valence electrons. The van der Waals surface area contributed by atoms with E-state index in [2.05, 4.69) is 111 Å². The van der Waals surface area contributed by atoms with Gasteiger partial charge in [-0.15, -0.1) is 0 Å². The minimum absolute atomic E-state index is 0.0412. The first-order valence-corrected chi connectivity index (χ1v) is 26.4. The lowest BCUT2D eigenvalue weighted by molar-refractivity contribution is -0.870. The molecule has 2 unspecified atom stereocenters. The predicted molar refractivity (Wildman–Crippen MR) is 268 cm³/mol. The first kappa shape index (κ1) is 60.9. The molecule has 0 saturated heterocycles. The Morgan fingerprint density at radius 3 is 1.27 bits per heavy atom. The monoisotopic (exact) mass is 914 g/mol. The second-order valence-corrected chi connectivity index (χ2v) is 18.8. The molecule has 0 spiro atoms. The van der Waals surface area contributed by atoms with Gasteiger partial charge in [0.2, 0.25) is 0 Å². The Balaban J connectivity index is 4.24. The third-order valence-electron chi connectivity index (χ3n) is 10.1. The number of ether oxygens (including phenoxy) is 2. The summed E-state index contributed by atoms with van der Waals surface area (Å²) in [5.41, 5.74) is 0. The molecule has 0 bridgehead atoms. The van der Waals surface area contributed by atoms with Gasteiger partial charge < -0.3 is 27.9 Å². The van der Waals surface area contributed by atoms with Crippen LogP contribution >= 0.6 is 7.82 Å². The summed E-state index contributed by atoms with van der Waals surface area (Å²) in [7, 11) is 1.13. The average molecular weight is 914 g/mol. The highest BCUT2D eigenvalue weighted by molar-refractivity contribution is 7.45. The number of nitrogens with zero attached hydrogens (tertiary/aromatic N) is 1. The molecule has 0 aromatic carbocycles. The molecule has 0 aromatic rings. The first-order chi connectivity index (χ1) is 31.0. The standard InChI is InChI=1S/C54H92NO8P/c1-6-8-10-12-14-16-18-20-21-22-23-24-25-26-27-28-29-30-31-32-33-35-37-39-41-43-45-47-54(57)63-52(51-62-64(58,59)61-49-48-55(3,4)5)50-60-53(56)46-44-42-40-38-36-34-19-17-15-13-11-9-7-2/h8-11,14-17,20-21,23-24,26-27,34,36,52H,6-7,12-13,18-19,22,25,28-33,35,37-51H2,1-5H3/b10-8-,11-9-,16-14-,17-15-,21-20-,24-23-,27-26-,36-34-. The van der Waals surface area contributed by atoms with Crippen LogP contribution in [-0.4, -0.2) is 70.0 Å². The van der Waals surface area contributed by atoms with Crippen LogP contribution in [0, 0.1) is 0 Å². The van der Waals surface area contributed by atoms with Crippen LogP contribution in [0.4, 0.5) is 0 Å². The van der Waals surface area contributed by atoms with E-state index in [0.717, 1.165) is 96.3 Å². The normalized spacial score (nSPS) is 14.3. The van der Waals surface area contributed by atoms with Crippen molar-refractivity contribution >= 4 is 19.8 Å². The second kappa shape index (κ2) is 45.1. The lowest BCUT2D eigenvalue weighted by atomic mass is 10.0. The summed E-state index contributed by atoms with van der Waals surface area (Å²) in [5, 5.41) is 0. The van der Waals surface area contributed by atoms with E-state index in [1.807, 2.05) is 21.1 Å². The Labute approximate surface area is 392 Å². The molecule has 9 nitrogen and oxygen atoms in total. The molecular formula is C54H92NO8P. The molecule has 10 heteroatoms. The lowest BCUT2D eigenvalue weighted by Gasteiger charge is -2.28. The molecule has 0 rings (SSSR count). The van der Waals surface area contributed by atoms with Crippen molar-refractivity contribution in [2.45, 2.75) is 187 Å². The fourth-order valence-electron chi connectivity index (χ4n) is 6.28. The zero-order valence-corrected chi connectivity index (χ0v) is 42.1. The van der Waals surface area contributed by atoms with Gasteiger partial charge in [0, 0.05) is 12.8 Å². The molecule has 0 aliphatic rings. The van der Waals surface area contributed by atoms with Crippen LogP contribution in [0.25, 0.3) is 0 Å². The van der Waals surface area contributed by atoms with Crippen LogP contribution in [-0.2, 0) is 32.7 Å². The van der Waals surface area contributed by atoms with E-state index in [4.69, 9.17) is 18.5 Å². The summed E-state index contributed by atoms with van der Waals surface area (Å²) in [6, 6.07) is 0. The summed E-state index contributed by atoms with van der Waals surface area (Å²) in [4.78, 5) is 37.6. The smallest absolute Gasteiger partial charge is 0.306 e. The molecule has 0 aliphatic carbocycles. The highest BCUT2D eigenvalue weighted by Crippen LogP contribution is 2.38. The summed E-state index contributed by atoms with van der Waals surface area (Å²) in [6.07, 6.45) is 60.2. The molecule has 0 heterocycles. The molecule has 0 saturated carbocycles. The van der Waals surface area contributed by atoms with Crippen molar-refractivity contribution in [2.24, 2.45) is 0 Å². The topological polar surface area (TPSA) is 111 Å². The maximum atomic E-state index is 12.7. The van der Waals surface area contributed by atoms with Crippen LogP contribution in [0.1, 0.15) is 181 Å². The molecule has 0 fully saturated rings. The van der Waals surface area contributed by atoms with Gasteiger partial charge in [-0.1, -0.05) is 175 Å². The molecule has 0 amide bonds. The second-order valence-electron chi connectivity index (χ2n) is 17.4. The first-order valence-electron chi connectivity index (χ1n) is 24.9. The number of phosphoric ester groups is 1. The Morgan fingerprint density at radius 2 is 0.844 bits per heavy atom. The van der Waals surface area contributed by atoms with E-state index >= 15 is 0 Å². The zero-order chi connectivity index (χ0) is 47.1. The SMILES string of the molecule is CC/C=C\C/C=C\C/C=C\C/C=C\C/C=C\CCCCCCCCCCCCCC(=O)OC(COC(=O)CCCCC/C=C\C/C=C\C/C=C\CC)COP(=O)([O-])OCC[N+](C)(C)C. The number of hydrogen-bond acceptors (Lipinski definition) is 8. The van der Waals surface area contributed by atoms with Crippen molar-refractivity contribution in [2.75, 3.05) is 47.5 Å². The highest BCUT2D eigenvalue weighted by atomic mass is 31.2. The van der Waals surface area contributed by atoms with Gasteiger partial charge in [-0.05, 0) is 89.9 Å². The van der Waals surface area contributed by atoms with Gasteiger partial charge in [0.05, 0.1) is 27.7 Å². The molecule has 2 atom stereocenters. The lowest BCUT2D eigenvalue weighted by Crippen LogP contribution is -2.37. The van der Waals surface area contributed by atoms with Gasteiger partial charge in [0.1, 0.15) is 19.8 Å². The highest BCUT2D eigenvalue weighted by Gasteiger charge is 2.21. The molecule has 0 N–H and O–H groups in total. The number of carbonyl (C=O) groups excluding carboxylic acids is 2. The number of allylic oxidation sites excluding steroid dienone is 16. The van der Waals surface area contributed by atoms with Gasteiger partial charge >= 0.3 is 11.9 Å². The average Bonchev–Trinajstić information content (AvgIpc) is 3.25. The summed E-state index contributed by atoms with van der Waals surface area (Å²) in [5.74, 6) is -0.879. The molecular weight excluding hydrogens is 822 g/mol. The molecule has 0 aromatic heterocycles. The minimum atomic E-state index is -4.64. The third kappa shape index (κ3) is 48.4. The zero-order valence-electron chi connectivity index (χ0n) is 41.2. The number of hydrogen-bond donors (Lipinski definition) is 0. The number of phosphoric acid groups is 1. The van der Waals surface area contributed by atoms with Crippen LogP contribution in [0.5, 0.6) is 0 Å². The fraction of sp³-hybridized carbons (Fsp3) is 0.667. The van der Waals surface area contributed by atoms with Crippen LogP contribution < -0.4 is 4.89 Å². The van der Waals surface area contributed by atoms with Crippen molar-refractivity contribution in [1.29, 1.82) is 0 Å². The Morgan fingerprint density at radius 1 is 0.484 bits per heavy atom. The van der Waals surface area contributed by atoms with Crippen molar-refractivity contribution in [3.8, 4) is 0 Å². The van der Waals surface area contributed by atoms with Gasteiger partial charge in [0.15, 0.2) is 6.10 Å². The number of likely N-dealkylation sites (N-methyl/N-ethyl adjacent to an activating group) is 1. The van der Waals surface area contributed by atoms with E-state index < -0.39 is 32.5 Å². The third-order valence-corrected chi connectivity index (χ3v) is 11.1. The summed E-state index contributed by atoms with van der Waals surface area (Å²) in [6.45, 7) is 3.95. The number of carbonyl (C=O) groups is 2. The molecule has 64 heavy (non-hydrogen) atoms. The quantitative estimate of drug-likeness (QED) is 0.0195. The van der Waals surface area contributed by atoms with E-state index in [1.165, 1.54) is 44.9 Å². The fourth-order valence-corrected chi connectivity index (χ4v) is 7.01. The van der Waals surface area contributed by atoms with E-state index in [0.29, 0.717) is 23.9 Å². The Kier molecular flexibility index (Phi) is 42.9. The van der Waals surface area contributed by atoms with Crippen LogP contribution in [0.2, 0.25) is 0 Å².